The summed E-state index contributed by atoms with van der Waals surface area (Å²) in [5.74, 6) is -22.7. The van der Waals surface area contributed by atoms with Crippen LogP contribution in [0.4, 0.5) is 79.0 Å². The molecule has 0 aromatic carbocycles. The number of halogens is 18. The molecule has 20 heteroatoms. The van der Waals surface area contributed by atoms with Crippen molar-refractivity contribution in [2.45, 2.75) is 215 Å². The first kappa shape index (κ1) is 51.6. The van der Waals surface area contributed by atoms with Crippen LogP contribution in [-0.4, -0.2) is 83.1 Å². The van der Waals surface area contributed by atoms with Crippen LogP contribution in [0.2, 0.25) is 0 Å². The second-order valence-corrected chi connectivity index (χ2v) is 23.2. The van der Waals surface area contributed by atoms with Gasteiger partial charge in [-0.05, 0) is 137 Å². The van der Waals surface area contributed by atoms with E-state index in [9.17, 15) is 79.0 Å². The zero-order chi connectivity index (χ0) is 49.3. The number of alkyl halides is 18. The van der Waals surface area contributed by atoms with E-state index in [0.717, 1.165) is 64.2 Å². The highest BCUT2D eigenvalue weighted by molar-refractivity contribution is 5.17. The SMILES string of the molecule is FC(F)(F)C1CC(C2CCCC(N3C4CCCCC4C4C3CCC3C5CCCCC5N(C5CCCC(C6CC(C(F)(F)F)C(C(F)(F)F)C(C(F)(F)F)C6)C5)C34)C2)CC(C(F)(F)F)C1C(F)(F)F. The summed E-state index contributed by atoms with van der Waals surface area (Å²) in [6.07, 6.45) is -24.9. The Bertz CT molecular complexity index is 1690. The molecule has 0 aromatic rings. The van der Waals surface area contributed by atoms with Crippen molar-refractivity contribution in [3.63, 3.8) is 0 Å². The Labute approximate surface area is 385 Å². The van der Waals surface area contributed by atoms with E-state index in [1.807, 2.05) is 0 Å². The van der Waals surface area contributed by atoms with E-state index in [4.69, 9.17) is 0 Å². The molecule has 16 atom stereocenters. The maximum absolute atomic E-state index is 14.4. The standard InChI is InChI=1S/C48H64F18N2/c49-43(50,51)32-19-25(20-33(44(52,53)54)40(32)47(61,62)63)23-7-5-9-27(17-23)67-37-14-4-2-12-31(37)39-38(67)16-15-30-29-11-1-3-13-36(29)68(42(30)39)28-10-6-8-24(18-28)26-21-34(45(55,56)57)41(48(64,65)66)35(22-26)46(58,59)60/h23-42H,1-22H2. The molecule has 9 rings (SSSR count). The van der Waals surface area contributed by atoms with Gasteiger partial charge in [-0.15, -0.1) is 0 Å². The van der Waals surface area contributed by atoms with Crippen LogP contribution in [-0.2, 0) is 0 Å². The van der Waals surface area contributed by atoms with Gasteiger partial charge in [-0.1, -0.05) is 51.4 Å². The molecule has 0 bridgehead atoms. The number of hydrogen-bond acceptors (Lipinski definition) is 2. The molecule has 0 spiro atoms. The van der Waals surface area contributed by atoms with Crippen LogP contribution in [0.3, 0.4) is 0 Å². The lowest BCUT2D eigenvalue weighted by atomic mass is 9.61. The summed E-state index contributed by atoms with van der Waals surface area (Å²) in [6, 6.07) is -0.194. The van der Waals surface area contributed by atoms with Gasteiger partial charge in [0.25, 0.3) is 0 Å². The summed E-state index contributed by atoms with van der Waals surface area (Å²) < 4.78 is 258. The van der Waals surface area contributed by atoms with Crippen molar-refractivity contribution in [3.05, 3.63) is 0 Å². The Morgan fingerprint density at radius 2 is 0.662 bits per heavy atom. The summed E-state index contributed by atoms with van der Waals surface area (Å²) >= 11 is 0. The lowest BCUT2D eigenvalue weighted by Gasteiger charge is -2.51. The van der Waals surface area contributed by atoms with Gasteiger partial charge in [0.15, 0.2) is 0 Å². The molecule has 392 valence electrons. The van der Waals surface area contributed by atoms with Gasteiger partial charge in [-0.25, -0.2) is 0 Å². The third kappa shape index (κ3) is 9.55. The average molecular weight is 1010 g/mol. The maximum Gasteiger partial charge on any atom is 0.393 e. The molecule has 0 amide bonds. The third-order valence-corrected chi connectivity index (χ3v) is 20.1. The van der Waals surface area contributed by atoms with Crippen molar-refractivity contribution in [1.82, 2.24) is 9.80 Å². The lowest BCUT2D eigenvalue weighted by molar-refractivity contribution is -0.318. The minimum Gasteiger partial charge on any atom is -0.294 e. The Morgan fingerprint density at radius 1 is 0.279 bits per heavy atom. The van der Waals surface area contributed by atoms with Crippen LogP contribution in [0.25, 0.3) is 0 Å². The molecule has 7 aliphatic carbocycles. The van der Waals surface area contributed by atoms with Gasteiger partial charge in [0.2, 0.25) is 0 Å². The molecular formula is C48H64F18N2. The van der Waals surface area contributed by atoms with Crippen LogP contribution in [0.15, 0.2) is 0 Å². The normalized spacial score (nSPS) is 46.1. The minimum absolute atomic E-state index is 0.000289. The van der Waals surface area contributed by atoms with Crippen molar-refractivity contribution in [2.75, 3.05) is 0 Å². The molecule has 2 aliphatic heterocycles. The van der Waals surface area contributed by atoms with Crippen LogP contribution >= 0.6 is 0 Å². The zero-order valence-corrected chi connectivity index (χ0v) is 37.8. The lowest BCUT2D eigenvalue weighted by Crippen LogP contribution is -2.57. The molecule has 7 saturated carbocycles. The highest BCUT2D eigenvalue weighted by Crippen LogP contribution is 2.64. The van der Waals surface area contributed by atoms with E-state index in [2.05, 4.69) is 9.80 Å². The minimum atomic E-state index is -5.70. The molecule has 68 heavy (non-hydrogen) atoms. The molecule has 16 unspecified atom stereocenters. The van der Waals surface area contributed by atoms with Gasteiger partial charge in [0.05, 0.1) is 35.5 Å². The van der Waals surface area contributed by atoms with Gasteiger partial charge < -0.3 is 0 Å². The highest BCUT2D eigenvalue weighted by atomic mass is 19.4. The Hall–Kier alpha value is -1.34. The second-order valence-electron chi connectivity index (χ2n) is 23.2. The molecule has 2 saturated heterocycles. The summed E-state index contributed by atoms with van der Waals surface area (Å²) in [4.78, 5) is 5.12. The quantitative estimate of drug-likeness (QED) is 0.259. The summed E-state index contributed by atoms with van der Waals surface area (Å²) in [5.41, 5.74) is 0. The molecule has 9 aliphatic rings. The van der Waals surface area contributed by atoms with Crippen molar-refractivity contribution >= 4 is 0 Å². The summed E-state index contributed by atoms with van der Waals surface area (Å²) in [5, 5.41) is 0. The molecule has 9 fully saturated rings. The Kier molecular flexibility index (Phi) is 13.8. The van der Waals surface area contributed by atoms with E-state index in [-0.39, 0.29) is 66.8 Å². The first-order valence-corrected chi connectivity index (χ1v) is 25.5. The van der Waals surface area contributed by atoms with Crippen LogP contribution < -0.4 is 0 Å². The highest BCUT2D eigenvalue weighted by Gasteiger charge is 2.69. The molecule has 2 heterocycles. The van der Waals surface area contributed by atoms with Gasteiger partial charge >= 0.3 is 37.1 Å². The van der Waals surface area contributed by atoms with Gasteiger partial charge in [0, 0.05) is 36.3 Å². The van der Waals surface area contributed by atoms with E-state index in [0.29, 0.717) is 44.4 Å². The first-order valence-electron chi connectivity index (χ1n) is 25.5. The number of likely N-dealkylation sites (tertiary alicyclic amines) is 2. The van der Waals surface area contributed by atoms with E-state index < -0.39 is 122 Å². The Balaban J connectivity index is 0.994. The summed E-state index contributed by atoms with van der Waals surface area (Å²) in [7, 11) is 0. The van der Waals surface area contributed by atoms with Gasteiger partial charge in [0.1, 0.15) is 0 Å². The maximum atomic E-state index is 14.4. The van der Waals surface area contributed by atoms with Gasteiger partial charge in [-0.3, -0.25) is 9.80 Å². The average Bonchev–Trinajstić information content (AvgIpc) is 3.77. The molecule has 0 N–H and O–H groups in total. The fourth-order valence-corrected chi connectivity index (χ4v) is 18.0. The van der Waals surface area contributed by atoms with E-state index in [1.54, 1.807) is 0 Å². The fourth-order valence-electron chi connectivity index (χ4n) is 18.0. The number of fused-ring (bicyclic) bond motifs is 7. The number of rotatable bonds is 4. The number of hydrogen-bond donors (Lipinski definition) is 0. The zero-order valence-electron chi connectivity index (χ0n) is 37.8. The largest absolute Gasteiger partial charge is 0.393 e. The molecule has 2 nitrogen and oxygen atoms in total. The van der Waals surface area contributed by atoms with Crippen molar-refractivity contribution in [3.8, 4) is 0 Å². The second kappa shape index (κ2) is 18.2. The van der Waals surface area contributed by atoms with Crippen LogP contribution in [0.1, 0.15) is 141 Å². The van der Waals surface area contributed by atoms with Crippen LogP contribution in [0, 0.1) is 82.9 Å². The monoisotopic (exact) mass is 1010 g/mol. The van der Waals surface area contributed by atoms with Crippen LogP contribution in [0.5, 0.6) is 0 Å². The smallest absolute Gasteiger partial charge is 0.294 e. The van der Waals surface area contributed by atoms with Crippen molar-refractivity contribution < 1.29 is 79.0 Å². The van der Waals surface area contributed by atoms with E-state index in [1.165, 1.54) is 0 Å². The summed E-state index contributed by atoms with van der Waals surface area (Å²) in [6.45, 7) is 0. The molecule has 0 radical (unpaired) electrons. The number of nitrogens with zero attached hydrogens (tertiary/aromatic N) is 2. The molecular weight excluding hydrogens is 947 g/mol. The Morgan fingerprint density at radius 3 is 1.07 bits per heavy atom. The van der Waals surface area contributed by atoms with Crippen molar-refractivity contribution in [1.29, 1.82) is 0 Å². The predicted octanol–water partition coefficient (Wildman–Crippen LogP) is 15.5. The first-order chi connectivity index (χ1) is 31.5. The van der Waals surface area contributed by atoms with E-state index >= 15 is 0 Å². The topological polar surface area (TPSA) is 6.48 Å². The van der Waals surface area contributed by atoms with Gasteiger partial charge in [-0.2, -0.15) is 79.0 Å². The fraction of sp³-hybridized carbons (Fsp3) is 1.00. The van der Waals surface area contributed by atoms with Crippen molar-refractivity contribution in [2.24, 2.45) is 82.9 Å². The predicted molar refractivity (Wildman–Crippen MR) is 213 cm³/mol. The third-order valence-electron chi connectivity index (χ3n) is 20.1. The molecule has 0 aromatic heterocycles.